The Labute approximate surface area is 143 Å². The van der Waals surface area contributed by atoms with E-state index in [0.717, 1.165) is 17.8 Å². The predicted octanol–water partition coefficient (Wildman–Crippen LogP) is 4.31. The number of carbonyl (C=O) groups excluding carboxylic acids is 1. The Hall–Kier alpha value is -3.28. The topological polar surface area (TPSA) is 55.0 Å². The molecule has 0 fully saturated rings. The van der Waals surface area contributed by atoms with Gasteiger partial charge in [-0.25, -0.2) is 8.78 Å². The van der Waals surface area contributed by atoms with E-state index in [1.807, 2.05) is 0 Å². The minimum atomic E-state index is -1.06. The van der Waals surface area contributed by atoms with Gasteiger partial charge in [-0.05, 0) is 54.6 Å². The number of aromatic nitrogens is 2. The number of allylic oxidation sites excluding steroid dienone is 4. The Bertz CT molecular complexity index is 864. The molecule has 1 heterocycles. The van der Waals surface area contributed by atoms with Crippen LogP contribution in [0.25, 0.3) is 12.2 Å². The third kappa shape index (κ3) is 5.10. The smallest absolute Gasteiger partial charge is 0.186 e. The molecule has 2 aromatic rings. The number of halogens is 2. The summed E-state index contributed by atoms with van der Waals surface area (Å²) >= 11 is 0. The van der Waals surface area contributed by atoms with Crippen molar-refractivity contribution in [3.8, 4) is 0 Å². The average Bonchev–Trinajstić information content (AvgIpc) is 3.07. The molecule has 0 atom stereocenters. The monoisotopic (exact) mass is 342 g/mol. The summed E-state index contributed by atoms with van der Waals surface area (Å²) in [5.74, 6) is -1.88. The fourth-order valence-electron chi connectivity index (χ4n) is 1.90. The maximum absolute atomic E-state index is 13.1. The molecule has 0 bridgehead atoms. The predicted molar refractivity (Wildman–Crippen MR) is 92.6 cm³/mol. The van der Waals surface area contributed by atoms with Crippen LogP contribution in [0.5, 0.6) is 0 Å². The average molecular weight is 342 g/mol. The number of carbonyl (C=O) groups is 1. The fraction of sp³-hybridized carbons (Fsp3) is 0.0526. The van der Waals surface area contributed by atoms with Gasteiger partial charge in [0, 0.05) is 5.56 Å². The maximum Gasteiger partial charge on any atom is 0.186 e. The summed E-state index contributed by atoms with van der Waals surface area (Å²) in [4.78, 5) is 11.9. The van der Waals surface area contributed by atoms with Crippen LogP contribution in [0.3, 0.4) is 0 Å². The highest BCUT2D eigenvalue weighted by Crippen LogP contribution is 2.11. The van der Waals surface area contributed by atoms with Crippen LogP contribution in [-0.2, 0) is 4.74 Å². The van der Waals surface area contributed by atoms with Gasteiger partial charge in [-0.1, -0.05) is 12.7 Å². The van der Waals surface area contributed by atoms with E-state index in [4.69, 9.17) is 4.74 Å². The van der Waals surface area contributed by atoms with E-state index in [0.29, 0.717) is 11.5 Å². The molecule has 1 aromatic heterocycles. The van der Waals surface area contributed by atoms with Gasteiger partial charge in [0.25, 0.3) is 0 Å². The fourth-order valence-corrected chi connectivity index (χ4v) is 1.90. The lowest BCUT2D eigenvalue weighted by atomic mass is 10.1. The zero-order chi connectivity index (χ0) is 18.2. The minimum Gasteiger partial charge on any atom is -0.497 e. The van der Waals surface area contributed by atoms with Crippen molar-refractivity contribution < 1.29 is 18.3 Å². The third-order valence-corrected chi connectivity index (χ3v) is 3.20. The molecule has 0 radical (unpaired) electrons. The van der Waals surface area contributed by atoms with Gasteiger partial charge in [0.05, 0.1) is 18.5 Å². The van der Waals surface area contributed by atoms with Crippen molar-refractivity contribution in [3.05, 3.63) is 89.5 Å². The van der Waals surface area contributed by atoms with E-state index >= 15 is 0 Å². The van der Waals surface area contributed by atoms with Crippen LogP contribution >= 0.6 is 0 Å². The SMILES string of the molecule is C=CC(=CC=Cc1cc(C=CC(=O)c2ccc(F)c(F)c2)n[nH]1)OC. The van der Waals surface area contributed by atoms with Gasteiger partial charge in [0.1, 0.15) is 5.76 Å². The van der Waals surface area contributed by atoms with Crippen LogP contribution in [0.2, 0.25) is 0 Å². The quantitative estimate of drug-likeness (QED) is 0.353. The number of benzene rings is 1. The summed E-state index contributed by atoms with van der Waals surface area (Å²) in [5, 5.41) is 6.82. The van der Waals surface area contributed by atoms with Gasteiger partial charge in [0.2, 0.25) is 0 Å². The number of H-pyrrole nitrogens is 1. The zero-order valence-corrected chi connectivity index (χ0v) is 13.5. The Morgan fingerprint density at radius 3 is 2.72 bits per heavy atom. The first kappa shape index (κ1) is 18.1. The van der Waals surface area contributed by atoms with Gasteiger partial charge in [-0.15, -0.1) is 0 Å². The maximum atomic E-state index is 13.1. The van der Waals surface area contributed by atoms with Crippen molar-refractivity contribution >= 4 is 17.9 Å². The first-order valence-corrected chi connectivity index (χ1v) is 7.31. The lowest BCUT2D eigenvalue weighted by molar-refractivity contribution is 0.104. The van der Waals surface area contributed by atoms with E-state index in [-0.39, 0.29) is 5.56 Å². The van der Waals surface area contributed by atoms with Crippen LogP contribution in [-0.4, -0.2) is 23.1 Å². The zero-order valence-electron chi connectivity index (χ0n) is 13.5. The van der Waals surface area contributed by atoms with Crippen molar-refractivity contribution in [2.24, 2.45) is 0 Å². The van der Waals surface area contributed by atoms with Crippen LogP contribution in [0.1, 0.15) is 21.7 Å². The molecule has 128 valence electrons. The normalized spacial score (nSPS) is 12.0. The minimum absolute atomic E-state index is 0.0625. The molecular formula is C19H16F2N2O2. The molecule has 1 aromatic carbocycles. The van der Waals surface area contributed by atoms with E-state index < -0.39 is 17.4 Å². The van der Waals surface area contributed by atoms with Gasteiger partial charge in [-0.2, -0.15) is 5.10 Å². The van der Waals surface area contributed by atoms with Gasteiger partial charge in [-0.3, -0.25) is 9.89 Å². The first-order chi connectivity index (χ1) is 12.0. The number of methoxy groups -OCH3 is 1. The summed E-state index contributed by atoms with van der Waals surface area (Å²) in [6.07, 6.45) is 9.57. The highest BCUT2D eigenvalue weighted by Gasteiger charge is 2.07. The number of nitrogens with one attached hydrogen (secondary N) is 1. The Morgan fingerprint density at radius 2 is 2.04 bits per heavy atom. The van der Waals surface area contributed by atoms with E-state index in [9.17, 15) is 13.6 Å². The molecule has 0 saturated carbocycles. The molecule has 0 amide bonds. The van der Waals surface area contributed by atoms with Gasteiger partial charge in [0.15, 0.2) is 17.4 Å². The van der Waals surface area contributed by atoms with Gasteiger partial charge >= 0.3 is 0 Å². The Balaban J connectivity index is 2.04. The van der Waals surface area contributed by atoms with Crippen LogP contribution in [0.15, 0.2) is 60.9 Å². The van der Waals surface area contributed by atoms with Crippen LogP contribution in [0, 0.1) is 11.6 Å². The van der Waals surface area contributed by atoms with Crippen LogP contribution < -0.4 is 0 Å². The summed E-state index contributed by atoms with van der Waals surface area (Å²) in [6, 6.07) is 4.72. The van der Waals surface area contributed by atoms with Crippen LogP contribution in [0.4, 0.5) is 8.78 Å². The number of ketones is 1. The second-order valence-electron chi connectivity index (χ2n) is 4.91. The summed E-state index contributed by atoms with van der Waals surface area (Å²) < 4.78 is 31.0. The van der Waals surface area contributed by atoms with Gasteiger partial charge < -0.3 is 4.74 Å². The molecule has 0 aliphatic carbocycles. The number of hydrogen-bond donors (Lipinski definition) is 1. The van der Waals surface area contributed by atoms with Crippen molar-refractivity contribution in [1.82, 2.24) is 10.2 Å². The summed E-state index contributed by atoms with van der Waals surface area (Å²) in [5.41, 5.74) is 1.30. The second-order valence-corrected chi connectivity index (χ2v) is 4.91. The molecule has 0 aliphatic heterocycles. The standard InChI is InChI=1S/C19H16F2N2O2/c1-3-16(25-2)6-4-5-14-12-15(23-22-14)8-10-19(24)13-7-9-17(20)18(21)11-13/h3-12H,1H2,2H3,(H,22,23). The summed E-state index contributed by atoms with van der Waals surface area (Å²) in [7, 11) is 1.55. The molecule has 1 N–H and O–H groups in total. The molecule has 0 aliphatic rings. The highest BCUT2D eigenvalue weighted by atomic mass is 19.2. The van der Waals surface area contributed by atoms with E-state index in [2.05, 4.69) is 16.8 Å². The number of rotatable bonds is 7. The Morgan fingerprint density at radius 1 is 1.24 bits per heavy atom. The lowest BCUT2D eigenvalue weighted by Crippen LogP contribution is -1.96. The lowest BCUT2D eigenvalue weighted by Gasteiger charge is -1.96. The van der Waals surface area contributed by atoms with Crippen molar-refractivity contribution in [1.29, 1.82) is 0 Å². The summed E-state index contributed by atoms with van der Waals surface area (Å²) in [6.45, 7) is 3.60. The Kier molecular flexibility index (Phi) is 6.17. The number of hydrogen-bond acceptors (Lipinski definition) is 3. The van der Waals surface area contributed by atoms with Crippen molar-refractivity contribution in [3.63, 3.8) is 0 Å². The molecule has 25 heavy (non-hydrogen) atoms. The van der Waals surface area contributed by atoms with Crippen molar-refractivity contribution in [2.75, 3.05) is 7.11 Å². The van der Waals surface area contributed by atoms with Crippen molar-refractivity contribution in [2.45, 2.75) is 0 Å². The second kappa shape index (κ2) is 8.54. The number of nitrogens with zero attached hydrogens (tertiary/aromatic N) is 1. The molecule has 0 spiro atoms. The molecule has 0 unspecified atom stereocenters. The first-order valence-electron chi connectivity index (χ1n) is 7.31. The van der Waals surface area contributed by atoms with E-state index in [1.165, 1.54) is 18.2 Å². The number of aromatic amines is 1. The number of ether oxygens (including phenoxy) is 1. The molecule has 2 rings (SSSR count). The molecule has 4 nitrogen and oxygen atoms in total. The molecule has 6 heteroatoms. The molecule has 0 saturated heterocycles. The van der Waals surface area contributed by atoms with E-state index in [1.54, 1.807) is 37.5 Å². The highest BCUT2D eigenvalue weighted by molar-refractivity contribution is 6.06. The third-order valence-electron chi connectivity index (χ3n) is 3.20. The molecular weight excluding hydrogens is 326 g/mol. The largest absolute Gasteiger partial charge is 0.497 e.